The third-order valence-corrected chi connectivity index (χ3v) is 4.16. The van der Waals surface area contributed by atoms with Gasteiger partial charge in [-0.3, -0.25) is 0 Å². The zero-order valence-corrected chi connectivity index (χ0v) is 9.25. The average Bonchev–Trinajstić information content (AvgIpc) is 2.13. The molecule has 1 unspecified atom stereocenters. The van der Waals surface area contributed by atoms with E-state index in [-0.39, 0.29) is 6.10 Å². The van der Waals surface area contributed by atoms with E-state index in [0.717, 1.165) is 24.7 Å². The van der Waals surface area contributed by atoms with Crippen LogP contribution in [0.5, 0.6) is 0 Å². The Kier molecular flexibility index (Phi) is 3.86. The molecule has 2 aliphatic rings. The molecule has 0 heterocycles. The Morgan fingerprint density at radius 3 is 1.71 bits per heavy atom. The third-order valence-electron chi connectivity index (χ3n) is 4.16. The van der Waals surface area contributed by atoms with Crippen molar-refractivity contribution in [1.82, 2.24) is 0 Å². The first-order chi connectivity index (χ1) is 6.84. The molecule has 1 heteroatoms. The molecule has 1 atom stereocenters. The van der Waals surface area contributed by atoms with Crippen LogP contribution >= 0.6 is 0 Å². The molecular formula is C13H24O. The lowest BCUT2D eigenvalue weighted by Gasteiger charge is -2.30. The second kappa shape index (κ2) is 5.16. The molecule has 0 saturated heterocycles. The Labute approximate surface area is 87.9 Å². The normalized spacial score (nSPS) is 27.2. The van der Waals surface area contributed by atoms with E-state index in [4.69, 9.17) is 0 Å². The van der Waals surface area contributed by atoms with Crippen LogP contribution in [0.3, 0.4) is 0 Å². The molecule has 2 aliphatic carbocycles. The summed E-state index contributed by atoms with van der Waals surface area (Å²) in [5, 5.41) is 9.94. The fourth-order valence-corrected chi connectivity index (χ4v) is 3.02. The van der Waals surface area contributed by atoms with Crippen molar-refractivity contribution < 1.29 is 5.11 Å². The fourth-order valence-electron chi connectivity index (χ4n) is 3.02. The van der Waals surface area contributed by atoms with Crippen molar-refractivity contribution in [2.24, 2.45) is 11.8 Å². The molecule has 82 valence electrons. The van der Waals surface area contributed by atoms with Crippen molar-refractivity contribution in [2.75, 3.05) is 0 Å². The lowest BCUT2D eigenvalue weighted by molar-refractivity contribution is 0.0869. The maximum absolute atomic E-state index is 9.94. The Morgan fingerprint density at radius 1 is 0.786 bits per heavy atom. The zero-order valence-electron chi connectivity index (χ0n) is 9.25. The van der Waals surface area contributed by atoms with E-state index >= 15 is 0 Å². The fraction of sp³-hybridized carbons (Fsp3) is 1.00. The Morgan fingerprint density at radius 2 is 1.29 bits per heavy atom. The Hall–Kier alpha value is -0.0400. The summed E-state index contributed by atoms with van der Waals surface area (Å²) in [7, 11) is 0. The first kappa shape index (κ1) is 10.5. The topological polar surface area (TPSA) is 20.2 Å². The highest BCUT2D eigenvalue weighted by Gasteiger charge is 2.23. The van der Waals surface area contributed by atoms with Crippen molar-refractivity contribution in [1.29, 1.82) is 0 Å². The van der Waals surface area contributed by atoms with E-state index in [1.807, 2.05) is 0 Å². The van der Waals surface area contributed by atoms with Gasteiger partial charge in [0.15, 0.2) is 0 Å². The number of rotatable bonds is 4. The summed E-state index contributed by atoms with van der Waals surface area (Å²) in [6.07, 6.45) is 13.3. The average molecular weight is 196 g/mol. The largest absolute Gasteiger partial charge is 0.393 e. The van der Waals surface area contributed by atoms with Crippen molar-refractivity contribution in [3.63, 3.8) is 0 Å². The van der Waals surface area contributed by atoms with Gasteiger partial charge in [0, 0.05) is 0 Å². The molecular weight excluding hydrogens is 172 g/mol. The molecule has 0 aliphatic heterocycles. The van der Waals surface area contributed by atoms with Gasteiger partial charge in [0.25, 0.3) is 0 Å². The van der Waals surface area contributed by atoms with Gasteiger partial charge in [-0.15, -0.1) is 0 Å². The molecule has 0 radical (unpaired) electrons. The van der Waals surface area contributed by atoms with Crippen LogP contribution in [0.15, 0.2) is 0 Å². The Balaban J connectivity index is 1.62. The summed E-state index contributed by atoms with van der Waals surface area (Å²) in [4.78, 5) is 0. The summed E-state index contributed by atoms with van der Waals surface area (Å²) in [6, 6.07) is 0. The number of aliphatic hydroxyl groups is 1. The maximum Gasteiger partial charge on any atom is 0.0545 e. The van der Waals surface area contributed by atoms with E-state index in [9.17, 15) is 5.11 Å². The molecule has 0 aromatic carbocycles. The lowest BCUT2D eigenvalue weighted by atomic mass is 9.78. The standard InChI is InChI=1S/C13H24O/c14-13(10-12-7-4-8-12)9-11-5-2-1-3-6-11/h11-14H,1-10H2. The van der Waals surface area contributed by atoms with Crippen LogP contribution in [0.1, 0.15) is 64.2 Å². The van der Waals surface area contributed by atoms with E-state index in [1.54, 1.807) is 0 Å². The number of aliphatic hydroxyl groups excluding tert-OH is 1. The SMILES string of the molecule is OC(CC1CCCCC1)CC1CCC1. The molecule has 0 aromatic heterocycles. The maximum atomic E-state index is 9.94. The minimum Gasteiger partial charge on any atom is -0.393 e. The molecule has 1 N–H and O–H groups in total. The minimum absolute atomic E-state index is 0.0170. The van der Waals surface area contributed by atoms with Crippen LogP contribution in [0.25, 0.3) is 0 Å². The van der Waals surface area contributed by atoms with E-state index in [1.165, 1.54) is 51.4 Å². The predicted molar refractivity (Wildman–Crippen MR) is 59.2 cm³/mol. The van der Waals surface area contributed by atoms with Gasteiger partial charge in [0.2, 0.25) is 0 Å². The van der Waals surface area contributed by atoms with Gasteiger partial charge in [0.05, 0.1) is 6.10 Å². The summed E-state index contributed by atoms with van der Waals surface area (Å²) < 4.78 is 0. The van der Waals surface area contributed by atoms with Crippen LogP contribution in [-0.4, -0.2) is 11.2 Å². The second-order valence-electron chi connectivity index (χ2n) is 5.43. The molecule has 1 nitrogen and oxygen atoms in total. The molecule has 0 amide bonds. The van der Waals surface area contributed by atoms with Gasteiger partial charge < -0.3 is 5.11 Å². The number of hydrogen-bond donors (Lipinski definition) is 1. The van der Waals surface area contributed by atoms with E-state index in [0.29, 0.717) is 0 Å². The first-order valence-corrected chi connectivity index (χ1v) is 6.52. The zero-order chi connectivity index (χ0) is 9.80. The van der Waals surface area contributed by atoms with Crippen molar-refractivity contribution in [3.8, 4) is 0 Å². The molecule has 2 rings (SSSR count). The summed E-state index contributed by atoms with van der Waals surface area (Å²) in [5.41, 5.74) is 0. The van der Waals surface area contributed by atoms with Crippen molar-refractivity contribution in [2.45, 2.75) is 70.3 Å². The van der Waals surface area contributed by atoms with Crippen LogP contribution in [0, 0.1) is 11.8 Å². The number of hydrogen-bond acceptors (Lipinski definition) is 1. The predicted octanol–water partition coefficient (Wildman–Crippen LogP) is 3.51. The van der Waals surface area contributed by atoms with Crippen molar-refractivity contribution >= 4 is 0 Å². The van der Waals surface area contributed by atoms with Gasteiger partial charge in [-0.1, -0.05) is 51.4 Å². The molecule has 2 saturated carbocycles. The van der Waals surface area contributed by atoms with Crippen LogP contribution in [0.4, 0.5) is 0 Å². The van der Waals surface area contributed by atoms with Crippen LogP contribution < -0.4 is 0 Å². The van der Waals surface area contributed by atoms with Gasteiger partial charge in [-0.25, -0.2) is 0 Å². The lowest BCUT2D eigenvalue weighted by Crippen LogP contribution is -2.22. The highest BCUT2D eigenvalue weighted by Crippen LogP contribution is 2.33. The van der Waals surface area contributed by atoms with Gasteiger partial charge in [0.1, 0.15) is 0 Å². The highest BCUT2D eigenvalue weighted by molar-refractivity contribution is 4.76. The first-order valence-electron chi connectivity index (χ1n) is 6.52. The molecule has 0 spiro atoms. The van der Waals surface area contributed by atoms with Crippen LogP contribution in [0.2, 0.25) is 0 Å². The van der Waals surface area contributed by atoms with Crippen LogP contribution in [-0.2, 0) is 0 Å². The monoisotopic (exact) mass is 196 g/mol. The van der Waals surface area contributed by atoms with Gasteiger partial charge in [-0.2, -0.15) is 0 Å². The third kappa shape index (κ3) is 2.98. The summed E-state index contributed by atoms with van der Waals surface area (Å²) in [5.74, 6) is 1.72. The second-order valence-corrected chi connectivity index (χ2v) is 5.43. The smallest absolute Gasteiger partial charge is 0.0545 e. The minimum atomic E-state index is 0.0170. The van der Waals surface area contributed by atoms with Gasteiger partial charge in [-0.05, 0) is 24.7 Å². The van der Waals surface area contributed by atoms with Crippen molar-refractivity contribution in [3.05, 3.63) is 0 Å². The molecule has 2 fully saturated rings. The van der Waals surface area contributed by atoms with E-state index in [2.05, 4.69) is 0 Å². The summed E-state index contributed by atoms with van der Waals surface area (Å²) >= 11 is 0. The molecule has 14 heavy (non-hydrogen) atoms. The van der Waals surface area contributed by atoms with E-state index < -0.39 is 0 Å². The van der Waals surface area contributed by atoms with Gasteiger partial charge >= 0.3 is 0 Å². The Bertz CT molecular complexity index is 157. The highest BCUT2D eigenvalue weighted by atomic mass is 16.3. The molecule has 0 aromatic rings. The quantitative estimate of drug-likeness (QED) is 0.729. The summed E-state index contributed by atoms with van der Waals surface area (Å²) in [6.45, 7) is 0. The molecule has 0 bridgehead atoms.